The number of fused-ring (bicyclic) bond motifs is 1. The Labute approximate surface area is 168 Å². The predicted octanol–water partition coefficient (Wildman–Crippen LogP) is 3.78. The van der Waals surface area contributed by atoms with Crippen LogP contribution < -0.4 is 5.32 Å². The van der Waals surface area contributed by atoms with Crippen LogP contribution in [0.25, 0.3) is 11.0 Å². The van der Waals surface area contributed by atoms with Gasteiger partial charge in [-0.1, -0.05) is 31.1 Å². The summed E-state index contributed by atoms with van der Waals surface area (Å²) in [6.07, 6.45) is 0.350. The molecule has 0 atom stereocenters. The lowest BCUT2D eigenvalue weighted by Crippen LogP contribution is -2.16. The summed E-state index contributed by atoms with van der Waals surface area (Å²) in [5.41, 5.74) is 2.07. The van der Waals surface area contributed by atoms with Gasteiger partial charge in [-0.2, -0.15) is 0 Å². The Kier molecular flexibility index (Phi) is 6.39. The van der Waals surface area contributed by atoms with Crippen molar-refractivity contribution in [1.29, 1.82) is 0 Å². The molecule has 1 heterocycles. The van der Waals surface area contributed by atoms with Crippen molar-refractivity contribution in [2.24, 2.45) is 5.92 Å². The highest BCUT2D eigenvalue weighted by Gasteiger charge is 2.15. The summed E-state index contributed by atoms with van der Waals surface area (Å²) in [6.45, 7) is 3.56. The van der Waals surface area contributed by atoms with Crippen LogP contribution in [0.3, 0.4) is 0 Å². The number of aromatic nitrogens is 1. The van der Waals surface area contributed by atoms with Gasteiger partial charge in [0, 0.05) is 23.1 Å². The zero-order chi connectivity index (χ0) is 20.8. The van der Waals surface area contributed by atoms with Gasteiger partial charge in [0.25, 0.3) is 0 Å². The number of rotatable bonds is 8. The Hall–Kier alpha value is -3.48. The molecule has 0 saturated heterocycles. The number of amides is 1. The number of hydrogen-bond donors (Lipinski definition) is 1. The number of carbonyl (C=O) groups is 3. The van der Waals surface area contributed by atoms with Gasteiger partial charge >= 0.3 is 5.97 Å². The average Bonchev–Trinajstić information content (AvgIpc) is 3.09. The molecule has 3 aromatic rings. The van der Waals surface area contributed by atoms with Crippen LogP contribution in [0, 0.1) is 5.92 Å². The first kappa shape index (κ1) is 20.3. The van der Waals surface area contributed by atoms with Gasteiger partial charge in [-0.15, -0.1) is 0 Å². The number of carbonyl (C=O) groups excluding carboxylic acids is 3. The molecular weight excluding hydrogens is 372 g/mol. The number of esters is 1. The molecule has 29 heavy (non-hydrogen) atoms. The molecule has 0 spiro atoms. The number of anilines is 1. The largest absolute Gasteiger partial charge is 0.457 e. The first-order valence-electron chi connectivity index (χ1n) is 9.34. The van der Waals surface area contributed by atoms with Crippen molar-refractivity contribution < 1.29 is 23.6 Å². The lowest BCUT2D eigenvalue weighted by molar-refractivity contribution is -0.141. The fourth-order valence-corrected chi connectivity index (χ4v) is 2.80. The lowest BCUT2D eigenvalue weighted by atomic mass is 10.1. The zero-order valence-electron chi connectivity index (χ0n) is 16.3. The summed E-state index contributed by atoms with van der Waals surface area (Å²) in [6, 6.07) is 13.7. The second-order valence-corrected chi connectivity index (χ2v) is 7.11. The van der Waals surface area contributed by atoms with Crippen LogP contribution in [0.2, 0.25) is 0 Å². The molecule has 0 aliphatic rings. The number of para-hydroxylation sites is 1. The minimum absolute atomic E-state index is 0.0756. The number of benzene rings is 2. The van der Waals surface area contributed by atoms with Crippen LogP contribution in [0.15, 0.2) is 53.1 Å². The normalized spacial score (nSPS) is 10.9. The summed E-state index contributed by atoms with van der Waals surface area (Å²) >= 11 is 0. The lowest BCUT2D eigenvalue weighted by Gasteiger charge is -2.08. The fourth-order valence-electron chi connectivity index (χ4n) is 2.80. The third kappa shape index (κ3) is 5.51. The monoisotopic (exact) mass is 394 g/mol. The Morgan fingerprint density at radius 1 is 1.07 bits per heavy atom. The molecule has 0 fully saturated rings. The van der Waals surface area contributed by atoms with Crippen LogP contribution in [0.4, 0.5) is 5.69 Å². The molecule has 3 rings (SSSR count). The molecule has 7 nitrogen and oxygen atoms in total. The number of ketones is 1. The summed E-state index contributed by atoms with van der Waals surface area (Å²) in [4.78, 5) is 36.1. The van der Waals surface area contributed by atoms with Gasteiger partial charge in [-0.25, -0.2) is 0 Å². The Morgan fingerprint density at radius 3 is 2.52 bits per heavy atom. The number of Topliss-reactive ketones (excluding diaryl/α,β-unsaturated/α-hetero) is 1. The molecule has 0 bridgehead atoms. The molecule has 0 unspecified atom stereocenters. The van der Waals surface area contributed by atoms with Crippen molar-refractivity contribution >= 4 is 34.3 Å². The van der Waals surface area contributed by atoms with Crippen molar-refractivity contribution in [2.45, 2.75) is 26.7 Å². The van der Waals surface area contributed by atoms with Gasteiger partial charge in [-0.3, -0.25) is 14.4 Å². The highest BCUT2D eigenvalue weighted by atomic mass is 16.5. The van der Waals surface area contributed by atoms with Crippen LogP contribution in [0.5, 0.6) is 0 Å². The van der Waals surface area contributed by atoms with Gasteiger partial charge in [-0.05, 0) is 42.3 Å². The van der Waals surface area contributed by atoms with E-state index < -0.39 is 5.97 Å². The molecule has 0 aliphatic carbocycles. The highest BCUT2D eigenvalue weighted by molar-refractivity contribution is 5.99. The van der Waals surface area contributed by atoms with E-state index in [4.69, 9.17) is 9.26 Å². The van der Waals surface area contributed by atoms with E-state index in [1.165, 1.54) is 0 Å². The van der Waals surface area contributed by atoms with E-state index in [9.17, 15) is 14.4 Å². The Balaban J connectivity index is 1.51. The standard InChI is InChI=1S/C22H22N2O5/c1-14(2)11-21(26)23-16-9-7-15(8-10-16)19(25)13-28-22(27)12-18-17-5-3-4-6-20(17)29-24-18/h3-10,14H,11-13H2,1-2H3,(H,23,26). The highest BCUT2D eigenvalue weighted by Crippen LogP contribution is 2.18. The third-order valence-electron chi connectivity index (χ3n) is 4.21. The van der Waals surface area contributed by atoms with Crippen LogP contribution in [-0.2, 0) is 20.7 Å². The SMILES string of the molecule is CC(C)CC(=O)Nc1ccc(C(=O)COC(=O)Cc2noc3ccccc23)cc1. The minimum Gasteiger partial charge on any atom is -0.457 e. The third-order valence-corrected chi connectivity index (χ3v) is 4.21. The maximum absolute atomic E-state index is 12.2. The van der Waals surface area contributed by atoms with Gasteiger partial charge in [0.15, 0.2) is 18.0 Å². The van der Waals surface area contributed by atoms with Crippen molar-refractivity contribution in [3.05, 3.63) is 59.8 Å². The molecule has 1 N–H and O–H groups in total. The molecule has 1 aromatic heterocycles. The number of nitrogens with one attached hydrogen (secondary N) is 1. The van der Waals surface area contributed by atoms with Crippen molar-refractivity contribution in [2.75, 3.05) is 11.9 Å². The van der Waals surface area contributed by atoms with E-state index in [1.54, 1.807) is 36.4 Å². The van der Waals surface area contributed by atoms with Crippen LogP contribution in [0.1, 0.15) is 36.3 Å². The Bertz CT molecular complexity index is 1020. The summed E-state index contributed by atoms with van der Waals surface area (Å²) in [5.74, 6) is -0.701. The van der Waals surface area contributed by atoms with E-state index in [-0.39, 0.29) is 30.6 Å². The summed E-state index contributed by atoms with van der Waals surface area (Å²) < 4.78 is 10.2. The number of ether oxygens (including phenoxy) is 1. The molecule has 0 radical (unpaired) electrons. The predicted molar refractivity (Wildman–Crippen MR) is 108 cm³/mol. The van der Waals surface area contributed by atoms with Crippen LogP contribution >= 0.6 is 0 Å². The number of hydrogen-bond acceptors (Lipinski definition) is 6. The van der Waals surface area contributed by atoms with Crippen LogP contribution in [-0.4, -0.2) is 29.4 Å². The van der Waals surface area contributed by atoms with Gasteiger partial charge in [0.1, 0.15) is 5.69 Å². The molecule has 1 amide bonds. The van der Waals surface area contributed by atoms with E-state index >= 15 is 0 Å². The quantitative estimate of drug-likeness (QED) is 0.461. The summed E-state index contributed by atoms with van der Waals surface area (Å²) in [5, 5.41) is 7.40. The second-order valence-electron chi connectivity index (χ2n) is 7.11. The minimum atomic E-state index is -0.560. The van der Waals surface area contributed by atoms with E-state index in [1.807, 2.05) is 26.0 Å². The topological polar surface area (TPSA) is 98.5 Å². The maximum atomic E-state index is 12.2. The molecular formula is C22H22N2O5. The van der Waals surface area contributed by atoms with E-state index in [2.05, 4.69) is 10.5 Å². The van der Waals surface area contributed by atoms with Gasteiger partial charge < -0.3 is 14.6 Å². The first-order valence-corrected chi connectivity index (χ1v) is 9.34. The zero-order valence-corrected chi connectivity index (χ0v) is 16.3. The molecule has 2 aromatic carbocycles. The second kappa shape index (κ2) is 9.14. The van der Waals surface area contributed by atoms with E-state index in [0.29, 0.717) is 28.9 Å². The molecule has 150 valence electrons. The number of nitrogens with zero attached hydrogens (tertiary/aromatic N) is 1. The molecule has 7 heteroatoms. The maximum Gasteiger partial charge on any atom is 0.312 e. The smallest absolute Gasteiger partial charge is 0.312 e. The fraction of sp³-hybridized carbons (Fsp3) is 0.273. The van der Waals surface area contributed by atoms with Gasteiger partial charge in [0.2, 0.25) is 5.91 Å². The summed E-state index contributed by atoms with van der Waals surface area (Å²) in [7, 11) is 0. The molecule has 0 saturated carbocycles. The van der Waals surface area contributed by atoms with Crippen molar-refractivity contribution in [3.8, 4) is 0 Å². The molecule has 0 aliphatic heterocycles. The van der Waals surface area contributed by atoms with Crippen molar-refractivity contribution in [3.63, 3.8) is 0 Å². The average molecular weight is 394 g/mol. The first-order chi connectivity index (χ1) is 13.9. The van der Waals surface area contributed by atoms with E-state index in [0.717, 1.165) is 5.39 Å². The Morgan fingerprint density at radius 2 is 1.79 bits per heavy atom. The van der Waals surface area contributed by atoms with Gasteiger partial charge in [0.05, 0.1) is 6.42 Å². The van der Waals surface area contributed by atoms with Crippen molar-refractivity contribution in [1.82, 2.24) is 5.16 Å².